The van der Waals surface area contributed by atoms with Gasteiger partial charge in [-0.2, -0.15) is 0 Å². The summed E-state index contributed by atoms with van der Waals surface area (Å²) in [6, 6.07) is 9.96. The summed E-state index contributed by atoms with van der Waals surface area (Å²) in [7, 11) is 4.56. The van der Waals surface area contributed by atoms with E-state index in [1.54, 1.807) is 50.6 Å². The van der Waals surface area contributed by atoms with Crippen molar-refractivity contribution in [3.8, 4) is 23.0 Å². The minimum atomic E-state index is -0.360. The lowest BCUT2D eigenvalue weighted by Crippen LogP contribution is -1.99. The van der Waals surface area contributed by atoms with Gasteiger partial charge in [0.25, 0.3) is 0 Å². The fraction of sp³-hybridized carbons (Fsp3) is 0.167. The molecule has 2 rings (SSSR count). The van der Waals surface area contributed by atoms with Crippen LogP contribution in [0, 0.1) is 0 Å². The minimum absolute atomic E-state index is 0.123. The Morgan fingerprint density at radius 1 is 1.00 bits per heavy atom. The number of rotatable bonds is 6. The lowest BCUT2D eigenvalue weighted by molar-refractivity contribution is 0.104. The van der Waals surface area contributed by atoms with Gasteiger partial charge in [0, 0.05) is 6.07 Å². The average molecular weight is 314 g/mol. The van der Waals surface area contributed by atoms with Crippen LogP contribution >= 0.6 is 0 Å². The second-order valence-corrected chi connectivity index (χ2v) is 4.70. The number of benzene rings is 2. The number of hydrogen-bond donors (Lipinski definition) is 1. The summed E-state index contributed by atoms with van der Waals surface area (Å²) in [4.78, 5) is 12.3. The molecule has 0 saturated heterocycles. The zero-order valence-corrected chi connectivity index (χ0v) is 13.2. The second-order valence-electron chi connectivity index (χ2n) is 4.70. The molecule has 0 aliphatic rings. The molecule has 120 valence electrons. The number of carbonyl (C=O) groups excluding carboxylic acids is 1. The van der Waals surface area contributed by atoms with Crippen LogP contribution < -0.4 is 14.2 Å². The third-order valence-electron chi connectivity index (χ3n) is 3.27. The van der Waals surface area contributed by atoms with E-state index in [-0.39, 0.29) is 17.1 Å². The number of ether oxygens (including phenoxy) is 3. The molecule has 0 spiro atoms. The van der Waals surface area contributed by atoms with Crippen molar-refractivity contribution < 1.29 is 24.1 Å². The van der Waals surface area contributed by atoms with Crippen molar-refractivity contribution in [3.63, 3.8) is 0 Å². The SMILES string of the molecule is COc1cc(/C=C/C(=O)c2c(O)cccc2OC)cc(OC)c1. The average Bonchev–Trinajstić information content (AvgIpc) is 2.58. The number of hydrogen-bond acceptors (Lipinski definition) is 5. The van der Waals surface area contributed by atoms with Crippen LogP contribution in [0.1, 0.15) is 15.9 Å². The Labute approximate surface area is 134 Å². The molecule has 0 aromatic heterocycles. The van der Waals surface area contributed by atoms with Gasteiger partial charge in [-0.1, -0.05) is 12.1 Å². The van der Waals surface area contributed by atoms with E-state index >= 15 is 0 Å². The lowest BCUT2D eigenvalue weighted by atomic mass is 10.1. The highest BCUT2D eigenvalue weighted by Gasteiger charge is 2.14. The van der Waals surface area contributed by atoms with Crippen molar-refractivity contribution in [2.24, 2.45) is 0 Å². The van der Waals surface area contributed by atoms with Gasteiger partial charge in [0.1, 0.15) is 28.6 Å². The lowest BCUT2D eigenvalue weighted by Gasteiger charge is -2.07. The van der Waals surface area contributed by atoms with Gasteiger partial charge in [-0.05, 0) is 35.9 Å². The first-order valence-corrected chi connectivity index (χ1v) is 6.90. The van der Waals surface area contributed by atoms with Gasteiger partial charge in [0.2, 0.25) is 0 Å². The van der Waals surface area contributed by atoms with Gasteiger partial charge in [0.15, 0.2) is 5.78 Å². The van der Waals surface area contributed by atoms with E-state index in [0.29, 0.717) is 17.2 Å². The molecule has 1 N–H and O–H groups in total. The molecule has 23 heavy (non-hydrogen) atoms. The molecule has 5 nitrogen and oxygen atoms in total. The molecule has 0 aliphatic heterocycles. The van der Waals surface area contributed by atoms with Crippen LogP contribution in [0.15, 0.2) is 42.5 Å². The summed E-state index contributed by atoms with van der Waals surface area (Å²) < 4.78 is 15.5. The van der Waals surface area contributed by atoms with E-state index in [1.165, 1.54) is 19.3 Å². The van der Waals surface area contributed by atoms with Crippen molar-refractivity contribution in [2.45, 2.75) is 0 Å². The summed E-state index contributed by atoms with van der Waals surface area (Å²) in [6.45, 7) is 0. The van der Waals surface area contributed by atoms with E-state index in [4.69, 9.17) is 14.2 Å². The Bertz CT molecular complexity index is 712. The number of ketones is 1. The molecule has 0 radical (unpaired) electrons. The minimum Gasteiger partial charge on any atom is -0.507 e. The topological polar surface area (TPSA) is 65.0 Å². The first kappa shape index (κ1) is 16.4. The fourth-order valence-electron chi connectivity index (χ4n) is 2.12. The maximum atomic E-state index is 12.3. The van der Waals surface area contributed by atoms with Crippen molar-refractivity contribution in [1.82, 2.24) is 0 Å². The van der Waals surface area contributed by atoms with Crippen molar-refractivity contribution in [2.75, 3.05) is 21.3 Å². The first-order chi connectivity index (χ1) is 11.1. The normalized spacial score (nSPS) is 10.6. The van der Waals surface area contributed by atoms with Crippen LogP contribution in [0.5, 0.6) is 23.0 Å². The monoisotopic (exact) mass is 314 g/mol. The number of allylic oxidation sites excluding steroid dienone is 1. The molecular weight excluding hydrogens is 296 g/mol. The standard InChI is InChI=1S/C18H18O5/c1-21-13-9-12(10-14(11-13)22-2)7-8-16(20)18-15(19)5-4-6-17(18)23-3/h4-11,19H,1-3H3/b8-7+. The quantitative estimate of drug-likeness (QED) is 0.654. The number of phenolic OH excluding ortho intramolecular Hbond substituents is 1. The fourth-order valence-corrected chi connectivity index (χ4v) is 2.12. The number of aromatic hydroxyl groups is 1. The van der Waals surface area contributed by atoms with Crippen LogP contribution in [0.2, 0.25) is 0 Å². The summed E-state index contributed by atoms with van der Waals surface area (Å²) in [5, 5.41) is 9.88. The number of methoxy groups -OCH3 is 3. The Morgan fingerprint density at radius 2 is 1.65 bits per heavy atom. The van der Waals surface area contributed by atoms with E-state index in [0.717, 1.165) is 5.56 Å². The third-order valence-corrected chi connectivity index (χ3v) is 3.27. The van der Waals surface area contributed by atoms with Gasteiger partial charge >= 0.3 is 0 Å². The number of carbonyl (C=O) groups is 1. The highest BCUT2D eigenvalue weighted by Crippen LogP contribution is 2.28. The highest BCUT2D eigenvalue weighted by atomic mass is 16.5. The molecular formula is C18H18O5. The van der Waals surface area contributed by atoms with E-state index in [2.05, 4.69) is 0 Å². The molecule has 2 aromatic carbocycles. The van der Waals surface area contributed by atoms with Crippen LogP contribution in [0.3, 0.4) is 0 Å². The molecule has 0 saturated carbocycles. The zero-order valence-electron chi connectivity index (χ0n) is 13.2. The summed E-state index contributed by atoms with van der Waals surface area (Å²) >= 11 is 0. The molecule has 5 heteroatoms. The summed E-state index contributed by atoms with van der Waals surface area (Å²) in [6.07, 6.45) is 2.99. The molecule has 0 unspecified atom stereocenters. The first-order valence-electron chi connectivity index (χ1n) is 6.90. The van der Waals surface area contributed by atoms with Gasteiger partial charge in [-0.3, -0.25) is 4.79 Å². The van der Waals surface area contributed by atoms with Crippen LogP contribution in [-0.2, 0) is 0 Å². The maximum Gasteiger partial charge on any atom is 0.193 e. The molecule has 0 heterocycles. The molecule has 0 aliphatic carbocycles. The van der Waals surface area contributed by atoms with Gasteiger partial charge in [-0.15, -0.1) is 0 Å². The van der Waals surface area contributed by atoms with Gasteiger partial charge < -0.3 is 19.3 Å². The van der Waals surface area contributed by atoms with E-state index < -0.39 is 0 Å². The van der Waals surface area contributed by atoms with E-state index in [9.17, 15) is 9.90 Å². The zero-order chi connectivity index (χ0) is 16.8. The second kappa shape index (κ2) is 7.35. The Morgan fingerprint density at radius 3 is 2.22 bits per heavy atom. The summed E-state index contributed by atoms with van der Waals surface area (Å²) in [5.41, 5.74) is 0.866. The van der Waals surface area contributed by atoms with Crippen LogP contribution in [0.4, 0.5) is 0 Å². The number of phenols is 1. The maximum absolute atomic E-state index is 12.3. The third kappa shape index (κ3) is 3.83. The van der Waals surface area contributed by atoms with Gasteiger partial charge in [0.05, 0.1) is 21.3 Å². The Hall–Kier alpha value is -2.95. The molecule has 0 atom stereocenters. The Kier molecular flexibility index (Phi) is 5.25. The summed E-state index contributed by atoms with van der Waals surface area (Å²) in [5.74, 6) is 1.08. The van der Waals surface area contributed by atoms with Crippen LogP contribution in [0.25, 0.3) is 6.08 Å². The van der Waals surface area contributed by atoms with Crippen molar-refractivity contribution in [3.05, 3.63) is 53.6 Å². The molecule has 0 fully saturated rings. The van der Waals surface area contributed by atoms with Crippen molar-refractivity contribution in [1.29, 1.82) is 0 Å². The van der Waals surface area contributed by atoms with E-state index in [1.807, 2.05) is 0 Å². The van der Waals surface area contributed by atoms with Crippen molar-refractivity contribution >= 4 is 11.9 Å². The molecule has 0 amide bonds. The predicted octanol–water partition coefficient (Wildman–Crippen LogP) is 3.31. The molecule has 0 bridgehead atoms. The Balaban J connectivity index is 2.32. The largest absolute Gasteiger partial charge is 0.507 e. The smallest absolute Gasteiger partial charge is 0.193 e. The predicted molar refractivity (Wildman–Crippen MR) is 87.6 cm³/mol. The van der Waals surface area contributed by atoms with Gasteiger partial charge in [-0.25, -0.2) is 0 Å². The van der Waals surface area contributed by atoms with Crippen LogP contribution in [-0.4, -0.2) is 32.2 Å². The molecule has 2 aromatic rings. The highest BCUT2D eigenvalue weighted by molar-refractivity contribution is 6.10.